The first kappa shape index (κ1) is 11.3. The normalized spacial score (nSPS) is 16.2. The minimum Gasteiger partial charge on any atom is -0.378 e. The fourth-order valence-corrected chi connectivity index (χ4v) is 2.35. The van der Waals surface area contributed by atoms with Gasteiger partial charge in [-0.25, -0.2) is 0 Å². The lowest BCUT2D eigenvalue weighted by Crippen LogP contribution is -2.40. The van der Waals surface area contributed by atoms with E-state index >= 15 is 0 Å². The van der Waals surface area contributed by atoms with Gasteiger partial charge in [-0.05, 0) is 19.1 Å². The van der Waals surface area contributed by atoms with Crippen LogP contribution in [-0.2, 0) is 4.74 Å². The van der Waals surface area contributed by atoms with E-state index in [0.717, 1.165) is 22.0 Å². The number of aromatic amines is 1. The van der Waals surface area contributed by atoms with Gasteiger partial charge in [-0.15, -0.1) is 0 Å². The molecule has 0 aliphatic carbocycles. The Balaban J connectivity index is 1.98. The SMILES string of the molecule is Cc1ccc2[nH]cc(C(=O)N3CCOCC3)c2c1. The van der Waals surface area contributed by atoms with Crippen LogP contribution >= 0.6 is 0 Å². The lowest BCUT2D eigenvalue weighted by Gasteiger charge is -2.26. The van der Waals surface area contributed by atoms with Crippen LogP contribution in [0.5, 0.6) is 0 Å². The number of amides is 1. The highest BCUT2D eigenvalue weighted by Crippen LogP contribution is 2.21. The predicted molar refractivity (Wildman–Crippen MR) is 69.8 cm³/mol. The van der Waals surface area contributed by atoms with Gasteiger partial charge in [0, 0.05) is 30.2 Å². The molecular formula is C14H16N2O2. The van der Waals surface area contributed by atoms with Crippen molar-refractivity contribution in [1.29, 1.82) is 0 Å². The standard InChI is InChI=1S/C14H16N2O2/c1-10-2-3-13-11(8-10)12(9-15-13)14(17)16-4-6-18-7-5-16/h2-3,8-9,15H,4-7H2,1H3. The number of carbonyl (C=O) groups is 1. The number of benzene rings is 1. The maximum atomic E-state index is 12.4. The summed E-state index contributed by atoms with van der Waals surface area (Å²) in [7, 11) is 0. The van der Waals surface area contributed by atoms with Crippen molar-refractivity contribution in [3.63, 3.8) is 0 Å². The Hall–Kier alpha value is -1.81. The number of hydrogen-bond acceptors (Lipinski definition) is 2. The molecule has 3 rings (SSSR count). The summed E-state index contributed by atoms with van der Waals surface area (Å²) in [6.07, 6.45) is 1.81. The number of hydrogen-bond donors (Lipinski definition) is 1. The van der Waals surface area contributed by atoms with Gasteiger partial charge in [0.05, 0.1) is 18.8 Å². The molecular weight excluding hydrogens is 228 g/mol. The quantitative estimate of drug-likeness (QED) is 0.833. The smallest absolute Gasteiger partial charge is 0.256 e. The van der Waals surface area contributed by atoms with Crippen LogP contribution in [0, 0.1) is 6.92 Å². The van der Waals surface area contributed by atoms with E-state index < -0.39 is 0 Å². The van der Waals surface area contributed by atoms with Gasteiger partial charge in [0.15, 0.2) is 0 Å². The van der Waals surface area contributed by atoms with E-state index in [2.05, 4.69) is 11.1 Å². The summed E-state index contributed by atoms with van der Waals surface area (Å²) in [4.78, 5) is 17.4. The van der Waals surface area contributed by atoms with E-state index in [-0.39, 0.29) is 5.91 Å². The summed E-state index contributed by atoms with van der Waals surface area (Å²) in [6.45, 7) is 4.66. The number of carbonyl (C=O) groups excluding carboxylic acids is 1. The third-order valence-corrected chi connectivity index (χ3v) is 3.37. The number of fused-ring (bicyclic) bond motifs is 1. The number of morpholine rings is 1. The first-order chi connectivity index (χ1) is 8.75. The molecule has 4 heteroatoms. The second-order valence-electron chi connectivity index (χ2n) is 4.66. The molecule has 0 bridgehead atoms. The number of ether oxygens (including phenoxy) is 1. The highest BCUT2D eigenvalue weighted by molar-refractivity contribution is 6.06. The molecule has 2 aromatic rings. The van der Waals surface area contributed by atoms with Crippen LogP contribution < -0.4 is 0 Å². The zero-order chi connectivity index (χ0) is 12.5. The maximum Gasteiger partial charge on any atom is 0.256 e. The molecule has 4 nitrogen and oxygen atoms in total. The molecule has 1 aliphatic rings. The molecule has 0 unspecified atom stereocenters. The van der Waals surface area contributed by atoms with E-state index in [1.807, 2.05) is 30.2 Å². The van der Waals surface area contributed by atoms with Gasteiger partial charge >= 0.3 is 0 Å². The molecule has 0 saturated carbocycles. The Kier molecular flexibility index (Phi) is 2.80. The third kappa shape index (κ3) is 1.88. The van der Waals surface area contributed by atoms with Crippen LogP contribution in [0.3, 0.4) is 0 Å². The van der Waals surface area contributed by atoms with E-state index in [1.165, 1.54) is 0 Å². The van der Waals surface area contributed by atoms with Crippen LogP contribution in [0.25, 0.3) is 10.9 Å². The Morgan fingerprint density at radius 2 is 2.11 bits per heavy atom. The molecule has 1 saturated heterocycles. The molecule has 0 atom stereocenters. The Morgan fingerprint density at radius 1 is 1.33 bits per heavy atom. The lowest BCUT2D eigenvalue weighted by atomic mass is 10.1. The Morgan fingerprint density at radius 3 is 2.89 bits per heavy atom. The van der Waals surface area contributed by atoms with Crippen LogP contribution in [0.15, 0.2) is 24.4 Å². The highest BCUT2D eigenvalue weighted by Gasteiger charge is 2.21. The first-order valence-corrected chi connectivity index (χ1v) is 6.20. The molecule has 94 valence electrons. The molecule has 1 aromatic heterocycles. The van der Waals surface area contributed by atoms with Crippen LogP contribution in [0.1, 0.15) is 15.9 Å². The molecule has 1 fully saturated rings. The van der Waals surface area contributed by atoms with Crippen molar-refractivity contribution in [3.05, 3.63) is 35.5 Å². The minimum absolute atomic E-state index is 0.0927. The van der Waals surface area contributed by atoms with Crippen LogP contribution in [0.4, 0.5) is 0 Å². The summed E-state index contributed by atoms with van der Waals surface area (Å²) in [5.74, 6) is 0.0927. The lowest BCUT2D eigenvalue weighted by molar-refractivity contribution is 0.0304. The zero-order valence-corrected chi connectivity index (χ0v) is 10.4. The second-order valence-corrected chi connectivity index (χ2v) is 4.66. The monoisotopic (exact) mass is 244 g/mol. The van der Waals surface area contributed by atoms with Gasteiger partial charge in [0.1, 0.15) is 0 Å². The van der Waals surface area contributed by atoms with Crippen molar-refractivity contribution in [2.75, 3.05) is 26.3 Å². The summed E-state index contributed by atoms with van der Waals surface area (Å²) in [5, 5.41) is 1.01. The molecule has 1 amide bonds. The molecule has 1 aliphatic heterocycles. The number of nitrogens with one attached hydrogen (secondary N) is 1. The predicted octanol–water partition coefficient (Wildman–Crippen LogP) is 1.95. The Labute approximate surface area is 106 Å². The van der Waals surface area contributed by atoms with E-state index in [0.29, 0.717) is 26.3 Å². The van der Waals surface area contributed by atoms with Gasteiger partial charge in [-0.1, -0.05) is 11.6 Å². The number of nitrogens with zero attached hydrogens (tertiary/aromatic N) is 1. The number of aromatic nitrogens is 1. The van der Waals surface area contributed by atoms with Gasteiger partial charge < -0.3 is 14.6 Å². The van der Waals surface area contributed by atoms with Gasteiger partial charge in [0.25, 0.3) is 5.91 Å². The maximum absolute atomic E-state index is 12.4. The van der Waals surface area contributed by atoms with Crippen molar-refractivity contribution < 1.29 is 9.53 Å². The summed E-state index contributed by atoms with van der Waals surface area (Å²) >= 11 is 0. The van der Waals surface area contributed by atoms with Crippen molar-refractivity contribution in [1.82, 2.24) is 9.88 Å². The molecule has 2 heterocycles. The summed E-state index contributed by atoms with van der Waals surface area (Å²) < 4.78 is 5.27. The van der Waals surface area contributed by atoms with Crippen molar-refractivity contribution in [2.45, 2.75) is 6.92 Å². The third-order valence-electron chi connectivity index (χ3n) is 3.37. The Bertz CT molecular complexity index is 582. The minimum atomic E-state index is 0.0927. The average Bonchev–Trinajstić information content (AvgIpc) is 2.82. The topological polar surface area (TPSA) is 45.3 Å². The number of H-pyrrole nitrogens is 1. The van der Waals surface area contributed by atoms with E-state index in [4.69, 9.17) is 4.74 Å². The molecule has 1 N–H and O–H groups in total. The van der Waals surface area contributed by atoms with Crippen LogP contribution in [-0.4, -0.2) is 42.1 Å². The molecule has 18 heavy (non-hydrogen) atoms. The fourth-order valence-electron chi connectivity index (χ4n) is 2.35. The van der Waals surface area contributed by atoms with E-state index in [9.17, 15) is 4.79 Å². The summed E-state index contributed by atoms with van der Waals surface area (Å²) in [6, 6.07) is 6.11. The average molecular weight is 244 g/mol. The zero-order valence-electron chi connectivity index (χ0n) is 10.4. The van der Waals surface area contributed by atoms with Crippen molar-refractivity contribution in [2.24, 2.45) is 0 Å². The molecule has 1 aromatic carbocycles. The van der Waals surface area contributed by atoms with Crippen molar-refractivity contribution >= 4 is 16.8 Å². The van der Waals surface area contributed by atoms with Crippen LogP contribution in [0.2, 0.25) is 0 Å². The number of aryl methyl sites for hydroxylation is 1. The fraction of sp³-hybridized carbons (Fsp3) is 0.357. The van der Waals surface area contributed by atoms with Gasteiger partial charge in [0.2, 0.25) is 0 Å². The van der Waals surface area contributed by atoms with E-state index in [1.54, 1.807) is 0 Å². The van der Waals surface area contributed by atoms with Gasteiger partial charge in [-0.3, -0.25) is 4.79 Å². The second kappa shape index (κ2) is 4.46. The van der Waals surface area contributed by atoms with Crippen molar-refractivity contribution in [3.8, 4) is 0 Å². The first-order valence-electron chi connectivity index (χ1n) is 6.20. The number of rotatable bonds is 1. The molecule has 0 radical (unpaired) electrons. The summed E-state index contributed by atoms with van der Waals surface area (Å²) in [5.41, 5.74) is 2.94. The highest BCUT2D eigenvalue weighted by atomic mass is 16.5. The van der Waals surface area contributed by atoms with Gasteiger partial charge in [-0.2, -0.15) is 0 Å². The largest absolute Gasteiger partial charge is 0.378 e. The molecule has 0 spiro atoms.